The number of hydrogen-bond donors (Lipinski definition) is 2. The molecule has 1 aromatic rings. The van der Waals surface area contributed by atoms with Crippen LogP contribution < -0.4 is 15.8 Å². The van der Waals surface area contributed by atoms with Gasteiger partial charge >= 0.3 is 0 Å². The summed E-state index contributed by atoms with van der Waals surface area (Å²) < 4.78 is 5.39. The van der Waals surface area contributed by atoms with Crippen molar-refractivity contribution in [2.24, 2.45) is 5.73 Å². The number of ether oxygens (including phenoxy) is 1. The molecule has 3 nitrogen and oxygen atoms in total. The van der Waals surface area contributed by atoms with Crippen LogP contribution in [-0.2, 0) is 0 Å². The lowest BCUT2D eigenvalue weighted by molar-refractivity contribution is 0.410. The first kappa shape index (κ1) is 15.0. The summed E-state index contributed by atoms with van der Waals surface area (Å²) in [4.78, 5) is 0. The highest BCUT2D eigenvalue weighted by Crippen LogP contribution is 2.31. The van der Waals surface area contributed by atoms with Crippen molar-refractivity contribution < 1.29 is 4.74 Å². The van der Waals surface area contributed by atoms with Gasteiger partial charge in [0.1, 0.15) is 5.75 Å². The van der Waals surface area contributed by atoms with Gasteiger partial charge in [0.15, 0.2) is 0 Å². The molecule has 18 heavy (non-hydrogen) atoms. The van der Waals surface area contributed by atoms with Crippen molar-refractivity contribution in [3.63, 3.8) is 0 Å². The van der Waals surface area contributed by atoms with E-state index in [0.29, 0.717) is 0 Å². The van der Waals surface area contributed by atoms with Gasteiger partial charge in [-0.1, -0.05) is 0 Å². The monoisotopic (exact) mass is 250 g/mol. The molecular formula is C15H26N2O. The van der Waals surface area contributed by atoms with Crippen LogP contribution in [0.15, 0.2) is 6.07 Å². The van der Waals surface area contributed by atoms with Crippen LogP contribution in [0.4, 0.5) is 0 Å². The lowest BCUT2D eigenvalue weighted by Gasteiger charge is -2.21. The van der Waals surface area contributed by atoms with E-state index in [2.05, 4.69) is 32.2 Å². The fraction of sp³-hybridized carbons (Fsp3) is 0.600. The third-order valence-electron chi connectivity index (χ3n) is 3.64. The molecule has 0 spiro atoms. The quantitative estimate of drug-likeness (QED) is 0.763. The predicted octanol–water partition coefficient (Wildman–Crippen LogP) is 2.62. The van der Waals surface area contributed by atoms with E-state index in [1.807, 2.05) is 7.05 Å². The number of benzene rings is 1. The van der Waals surface area contributed by atoms with Gasteiger partial charge in [-0.15, -0.1) is 0 Å². The van der Waals surface area contributed by atoms with Crippen molar-refractivity contribution in [2.45, 2.75) is 39.7 Å². The zero-order chi connectivity index (χ0) is 13.7. The summed E-state index contributed by atoms with van der Waals surface area (Å²) in [5.41, 5.74) is 11.3. The number of hydrogen-bond acceptors (Lipinski definition) is 3. The number of nitrogens with two attached hydrogens (primary N) is 1. The van der Waals surface area contributed by atoms with Crippen LogP contribution >= 0.6 is 0 Å². The van der Waals surface area contributed by atoms with Crippen molar-refractivity contribution in [2.75, 3.05) is 20.7 Å². The molecule has 0 heterocycles. The van der Waals surface area contributed by atoms with Gasteiger partial charge in [0.25, 0.3) is 0 Å². The Hall–Kier alpha value is -1.06. The lowest BCUT2D eigenvalue weighted by Crippen LogP contribution is -2.17. The summed E-state index contributed by atoms with van der Waals surface area (Å²) in [5, 5.41) is 3.16. The minimum absolute atomic E-state index is 0.114. The Morgan fingerprint density at radius 1 is 1.28 bits per heavy atom. The summed E-state index contributed by atoms with van der Waals surface area (Å²) in [6.45, 7) is 7.36. The summed E-state index contributed by atoms with van der Waals surface area (Å²) in [5.74, 6) is 0.955. The van der Waals surface area contributed by atoms with Gasteiger partial charge in [-0.2, -0.15) is 0 Å². The minimum Gasteiger partial charge on any atom is -0.496 e. The Balaban J connectivity index is 2.98. The average Bonchev–Trinajstić information content (AvgIpc) is 2.34. The highest BCUT2D eigenvalue weighted by molar-refractivity contribution is 5.49. The summed E-state index contributed by atoms with van der Waals surface area (Å²) in [6, 6.07) is 2.21. The molecule has 1 atom stereocenters. The third-order valence-corrected chi connectivity index (χ3v) is 3.64. The highest BCUT2D eigenvalue weighted by Gasteiger charge is 2.16. The Morgan fingerprint density at radius 3 is 2.50 bits per heavy atom. The predicted molar refractivity (Wildman–Crippen MR) is 77.3 cm³/mol. The molecule has 1 aromatic carbocycles. The molecule has 0 aliphatic carbocycles. The zero-order valence-electron chi connectivity index (χ0n) is 12.3. The van der Waals surface area contributed by atoms with Gasteiger partial charge in [0, 0.05) is 6.04 Å². The fourth-order valence-corrected chi connectivity index (χ4v) is 2.49. The van der Waals surface area contributed by atoms with Gasteiger partial charge in [-0.25, -0.2) is 0 Å². The summed E-state index contributed by atoms with van der Waals surface area (Å²) in [6.07, 6.45) is 2.11. The SMILES string of the molecule is CNCCCC(N)c1c(C)cc(OC)c(C)c1C. The minimum atomic E-state index is 0.114. The Morgan fingerprint density at radius 2 is 1.94 bits per heavy atom. The summed E-state index contributed by atoms with van der Waals surface area (Å²) in [7, 11) is 3.69. The van der Waals surface area contributed by atoms with E-state index in [0.717, 1.165) is 25.1 Å². The van der Waals surface area contributed by atoms with Gasteiger partial charge in [-0.3, -0.25) is 0 Å². The number of nitrogens with one attached hydrogen (secondary N) is 1. The van der Waals surface area contributed by atoms with E-state index >= 15 is 0 Å². The van der Waals surface area contributed by atoms with E-state index in [9.17, 15) is 0 Å². The number of aryl methyl sites for hydroxylation is 1. The normalized spacial score (nSPS) is 12.6. The zero-order valence-corrected chi connectivity index (χ0v) is 12.3. The molecule has 0 bridgehead atoms. The molecule has 0 amide bonds. The van der Waals surface area contributed by atoms with Gasteiger partial charge < -0.3 is 15.8 Å². The lowest BCUT2D eigenvalue weighted by atomic mass is 9.90. The number of rotatable bonds is 6. The third kappa shape index (κ3) is 3.24. The summed E-state index contributed by atoms with van der Waals surface area (Å²) >= 11 is 0. The van der Waals surface area contributed by atoms with E-state index in [4.69, 9.17) is 10.5 Å². The molecule has 1 rings (SSSR count). The first-order chi connectivity index (χ1) is 8.52. The molecule has 102 valence electrons. The second-order valence-electron chi connectivity index (χ2n) is 4.91. The van der Waals surface area contributed by atoms with Crippen LogP contribution in [0.1, 0.15) is 41.1 Å². The van der Waals surface area contributed by atoms with Crippen LogP contribution in [0.2, 0.25) is 0 Å². The van der Waals surface area contributed by atoms with E-state index in [-0.39, 0.29) is 6.04 Å². The van der Waals surface area contributed by atoms with Crippen molar-refractivity contribution in [3.05, 3.63) is 28.3 Å². The first-order valence-electron chi connectivity index (χ1n) is 6.57. The largest absolute Gasteiger partial charge is 0.496 e. The molecule has 3 heteroatoms. The van der Waals surface area contributed by atoms with Crippen LogP contribution in [0.3, 0.4) is 0 Å². The Bertz CT molecular complexity index is 402. The van der Waals surface area contributed by atoms with E-state index in [1.165, 1.54) is 22.3 Å². The van der Waals surface area contributed by atoms with E-state index < -0.39 is 0 Å². The maximum absolute atomic E-state index is 6.33. The molecule has 0 fully saturated rings. The topological polar surface area (TPSA) is 47.3 Å². The van der Waals surface area contributed by atoms with Gasteiger partial charge in [0.05, 0.1) is 7.11 Å². The van der Waals surface area contributed by atoms with Crippen molar-refractivity contribution in [1.29, 1.82) is 0 Å². The molecule has 0 saturated heterocycles. The second-order valence-corrected chi connectivity index (χ2v) is 4.91. The Labute approximate surface area is 111 Å². The molecule has 0 aromatic heterocycles. The molecule has 0 radical (unpaired) electrons. The van der Waals surface area contributed by atoms with Gasteiger partial charge in [-0.05, 0) is 75.5 Å². The van der Waals surface area contributed by atoms with Crippen LogP contribution in [0.25, 0.3) is 0 Å². The first-order valence-corrected chi connectivity index (χ1v) is 6.57. The van der Waals surface area contributed by atoms with Crippen LogP contribution in [0, 0.1) is 20.8 Å². The van der Waals surface area contributed by atoms with Crippen molar-refractivity contribution in [3.8, 4) is 5.75 Å². The maximum Gasteiger partial charge on any atom is 0.122 e. The average molecular weight is 250 g/mol. The standard InChI is InChI=1S/C15H26N2O/c1-10-9-14(18-5)11(2)12(3)15(10)13(16)7-6-8-17-4/h9,13,17H,6-8,16H2,1-5H3. The maximum atomic E-state index is 6.33. The van der Waals surface area contributed by atoms with Crippen molar-refractivity contribution >= 4 is 0 Å². The van der Waals surface area contributed by atoms with Crippen LogP contribution in [0.5, 0.6) is 5.75 Å². The van der Waals surface area contributed by atoms with Crippen LogP contribution in [-0.4, -0.2) is 20.7 Å². The molecule has 0 aliphatic rings. The molecule has 0 saturated carbocycles. The number of methoxy groups -OCH3 is 1. The van der Waals surface area contributed by atoms with Crippen molar-refractivity contribution in [1.82, 2.24) is 5.32 Å². The second kappa shape index (κ2) is 6.76. The van der Waals surface area contributed by atoms with Gasteiger partial charge in [0.2, 0.25) is 0 Å². The Kier molecular flexibility index (Phi) is 5.63. The molecule has 3 N–H and O–H groups in total. The van der Waals surface area contributed by atoms with E-state index in [1.54, 1.807) is 7.11 Å². The smallest absolute Gasteiger partial charge is 0.122 e. The fourth-order valence-electron chi connectivity index (χ4n) is 2.49. The highest BCUT2D eigenvalue weighted by atomic mass is 16.5. The molecule has 1 unspecified atom stereocenters. The molecule has 0 aliphatic heterocycles. The molecular weight excluding hydrogens is 224 g/mol.